The summed E-state index contributed by atoms with van der Waals surface area (Å²) < 4.78 is 29.6. The summed E-state index contributed by atoms with van der Waals surface area (Å²) in [6.07, 6.45) is 3.52. The molecular weight excluding hydrogens is 776 g/mol. The Balaban J connectivity index is 1.66. The normalized spacial score (nSPS) is 29.4. The highest BCUT2D eigenvalue weighted by Gasteiger charge is 2.49. The van der Waals surface area contributed by atoms with Crippen LogP contribution in [0.3, 0.4) is 0 Å². The first-order valence-corrected chi connectivity index (χ1v) is 19.6. The lowest BCUT2D eigenvalue weighted by atomic mass is 9.78. The maximum atomic E-state index is 14.5. The number of rotatable bonds is 6. The summed E-state index contributed by atoms with van der Waals surface area (Å²) in [5.41, 5.74) is 0.412. The largest absolute Gasteiger partial charge is 0.507 e. The zero-order valence-corrected chi connectivity index (χ0v) is 35.1. The highest BCUT2D eigenvalue weighted by atomic mass is 16.7. The molecule has 6 N–H and O–H groups in total. The van der Waals surface area contributed by atoms with Crippen LogP contribution in [0.15, 0.2) is 72.5 Å². The number of Topliss-reactive ketones (excluding diaryl/α,β-unsaturated/α-hetero) is 1. The second-order valence-electron chi connectivity index (χ2n) is 15.6. The van der Waals surface area contributed by atoms with Gasteiger partial charge in [-0.2, -0.15) is 0 Å². The summed E-state index contributed by atoms with van der Waals surface area (Å²) in [4.78, 5) is 53.4. The number of para-hydroxylation sites is 1. The number of esters is 1. The minimum atomic E-state index is -2.04. The molecule has 3 aromatic rings. The SMILES string of the molecule is CO[C@H]1/C=C/O[C@@]2(C)Oc3c(C)c(O)c4c(O)c(cc(OCC(=O)Nc5ccccc5)c4c3C2=O)NC(=O)/C(C)=C\C=C\[C@H](C)[C@H](O)[C@@H](C)[C@@H](O)[C@@H](C)[C@H](OC(C)=O)[C@@H]1C. The minimum absolute atomic E-state index is 0.0612. The Labute approximate surface area is 348 Å². The van der Waals surface area contributed by atoms with Crippen LogP contribution < -0.4 is 20.1 Å². The molecule has 0 aromatic heterocycles. The summed E-state index contributed by atoms with van der Waals surface area (Å²) in [6.45, 7) is 11.9. The Morgan fingerprint density at radius 2 is 1.62 bits per heavy atom. The van der Waals surface area contributed by atoms with Crippen LogP contribution in [0.1, 0.15) is 64.4 Å². The Morgan fingerprint density at radius 3 is 2.27 bits per heavy atom. The van der Waals surface area contributed by atoms with Gasteiger partial charge in [-0.1, -0.05) is 64.1 Å². The van der Waals surface area contributed by atoms with Crippen LogP contribution in [-0.4, -0.2) is 87.9 Å². The lowest BCUT2D eigenvalue weighted by molar-refractivity contribution is -0.160. The molecular formula is C45H54N2O13. The van der Waals surface area contributed by atoms with E-state index in [1.165, 1.54) is 59.3 Å². The van der Waals surface area contributed by atoms with Gasteiger partial charge in [0.15, 0.2) is 12.4 Å². The molecule has 0 radical (unpaired) electrons. The second kappa shape index (κ2) is 18.6. The van der Waals surface area contributed by atoms with Gasteiger partial charge in [-0.15, -0.1) is 0 Å². The van der Waals surface area contributed by atoms with E-state index in [9.17, 15) is 39.6 Å². The zero-order valence-electron chi connectivity index (χ0n) is 35.1. The van der Waals surface area contributed by atoms with Gasteiger partial charge in [0.1, 0.15) is 23.4 Å². The van der Waals surface area contributed by atoms with Crippen molar-refractivity contribution in [1.82, 2.24) is 0 Å². The van der Waals surface area contributed by atoms with Gasteiger partial charge in [0.25, 0.3) is 17.6 Å². The zero-order chi connectivity index (χ0) is 44.2. The quantitative estimate of drug-likeness (QED) is 0.123. The average molecular weight is 831 g/mol. The number of methoxy groups -OCH3 is 1. The number of aromatic hydroxyl groups is 2. The van der Waals surface area contributed by atoms with Crippen molar-refractivity contribution >= 4 is 45.7 Å². The third-order valence-electron chi connectivity index (χ3n) is 11.2. The van der Waals surface area contributed by atoms with Gasteiger partial charge < -0.3 is 54.7 Å². The van der Waals surface area contributed by atoms with Crippen LogP contribution in [0.2, 0.25) is 0 Å². The van der Waals surface area contributed by atoms with Crippen LogP contribution >= 0.6 is 0 Å². The maximum Gasteiger partial charge on any atom is 0.312 e. The molecule has 6 rings (SSSR count). The van der Waals surface area contributed by atoms with Crippen LogP contribution in [0, 0.1) is 30.6 Å². The third kappa shape index (κ3) is 9.28. The van der Waals surface area contributed by atoms with Crippen molar-refractivity contribution in [3.05, 3.63) is 83.7 Å². The first kappa shape index (κ1) is 45.2. The standard InChI is InChI=1S/C45H54N2O13/c1-22-14-13-15-23(2)44(55)47-30-20-32(57-21-33(49)46-29-16-11-10-12-17-29)34-35(40(30)53)39(52)27(6)42-36(34)43(54)45(8,60-42)58-19-18-31(56-9)24(3)41(59-28(7)48)26(5)38(51)25(4)37(22)50/h10-20,22,24-26,31,37-38,41,50-53H,21H2,1-9H3,(H,46,49)(H,47,55)/b14-13+,19-18+,23-15-/t22-,24+,25+,26+,31-,37-,38+,41+,45-/m0/s1. The number of allylic oxidation sites excluding steroid dienone is 2. The van der Waals surface area contributed by atoms with E-state index in [1.54, 1.807) is 70.2 Å². The molecule has 3 aromatic carbocycles. The van der Waals surface area contributed by atoms with Gasteiger partial charge in [-0.25, -0.2) is 0 Å². The summed E-state index contributed by atoms with van der Waals surface area (Å²) in [5.74, 6) is -8.41. The molecule has 15 heteroatoms. The van der Waals surface area contributed by atoms with Crippen molar-refractivity contribution < 1.29 is 63.3 Å². The Hall–Kier alpha value is -5.90. The number of aliphatic hydroxyl groups excluding tert-OH is 2. The number of aliphatic hydroxyl groups is 2. The topological polar surface area (TPSA) is 219 Å². The number of carbonyl (C=O) groups is 4. The molecule has 60 heavy (non-hydrogen) atoms. The Bertz CT molecular complexity index is 2220. The number of hydrogen-bond donors (Lipinski definition) is 6. The highest BCUT2D eigenvalue weighted by molar-refractivity contribution is 6.21. The molecule has 2 amide bonds. The van der Waals surface area contributed by atoms with Crippen molar-refractivity contribution in [1.29, 1.82) is 0 Å². The monoisotopic (exact) mass is 830 g/mol. The molecule has 3 aliphatic rings. The van der Waals surface area contributed by atoms with Gasteiger partial charge in [0.05, 0.1) is 41.2 Å². The first-order valence-electron chi connectivity index (χ1n) is 19.6. The fraction of sp³-hybridized carbons (Fsp3) is 0.422. The number of nitrogens with one attached hydrogen (secondary N) is 2. The lowest BCUT2D eigenvalue weighted by Gasteiger charge is -2.38. The molecule has 3 heterocycles. The van der Waals surface area contributed by atoms with Crippen LogP contribution in [0.4, 0.5) is 11.4 Å². The van der Waals surface area contributed by atoms with E-state index in [0.717, 1.165) is 0 Å². The maximum absolute atomic E-state index is 14.5. The molecule has 0 unspecified atom stereocenters. The molecule has 0 spiro atoms. The number of benzene rings is 3. The summed E-state index contributed by atoms with van der Waals surface area (Å²) in [6, 6.07) is 9.87. The molecule has 0 saturated heterocycles. The molecule has 322 valence electrons. The average Bonchev–Trinajstić information content (AvgIpc) is 3.48. The predicted molar refractivity (Wildman–Crippen MR) is 223 cm³/mol. The Kier molecular flexibility index (Phi) is 14.0. The molecule has 0 saturated carbocycles. The van der Waals surface area contributed by atoms with Crippen molar-refractivity contribution in [2.24, 2.45) is 23.7 Å². The van der Waals surface area contributed by atoms with Gasteiger partial charge in [0, 0.05) is 72.9 Å². The van der Waals surface area contributed by atoms with E-state index in [-0.39, 0.29) is 44.7 Å². The van der Waals surface area contributed by atoms with E-state index >= 15 is 0 Å². The number of ether oxygens (including phenoxy) is 5. The van der Waals surface area contributed by atoms with Crippen molar-refractivity contribution in [3.63, 3.8) is 0 Å². The number of hydrogen-bond acceptors (Lipinski definition) is 13. The van der Waals surface area contributed by atoms with E-state index in [2.05, 4.69) is 10.6 Å². The Morgan fingerprint density at radius 1 is 0.933 bits per heavy atom. The van der Waals surface area contributed by atoms with Crippen LogP contribution in [0.5, 0.6) is 23.0 Å². The van der Waals surface area contributed by atoms with Gasteiger partial charge in [-0.05, 0) is 32.1 Å². The number of phenolic OH excluding ortho intramolecular Hbond substituents is 2. The van der Waals surface area contributed by atoms with E-state index < -0.39 is 95.5 Å². The van der Waals surface area contributed by atoms with E-state index in [1.807, 2.05) is 0 Å². The van der Waals surface area contributed by atoms with Crippen molar-refractivity contribution in [2.45, 2.75) is 85.6 Å². The number of carbonyl (C=O) groups excluding carboxylic acids is 4. The predicted octanol–water partition coefficient (Wildman–Crippen LogP) is 6.07. The second-order valence-corrected chi connectivity index (χ2v) is 15.6. The number of anilines is 2. The van der Waals surface area contributed by atoms with Crippen LogP contribution in [-0.2, 0) is 28.6 Å². The van der Waals surface area contributed by atoms with Crippen molar-refractivity contribution in [3.8, 4) is 23.0 Å². The minimum Gasteiger partial charge on any atom is -0.507 e. The number of phenols is 2. The molecule has 3 aliphatic heterocycles. The fourth-order valence-corrected chi connectivity index (χ4v) is 7.61. The summed E-state index contributed by atoms with van der Waals surface area (Å²) in [5, 5.41) is 51.1. The smallest absolute Gasteiger partial charge is 0.312 e. The molecule has 0 fully saturated rings. The molecule has 9 atom stereocenters. The number of amides is 2. The number of fused-ring (bicyclic) bond motifs is 14. The highest BCUT2D eigenvalue weighted by Crippen LogP contribution is 2.54. The van der Waals surface area contributed by atoms with E-state index in [0.29, 0.717) is 5.69 Å². The number of ketones is 1. The van der Waals surface area contributed by atoms with Crippen LogP contribution in [0.25, 0.3) is 10.8 Å². The molecule has 5 bridgehead atoms. The van der Waals surface area contributed by atoms with E-state index in [4.69, 9.17) is 23.7 Å². The first-order chi connectivity index (χ1) is 28.3. The molecule has 0 aliphatic carbocycles. The van der Waals surface area contributed by atoms with Gasteiger partial charge in [-0.3, -0.25) is 19.2 Å². The van der Waals surface area contributed by atoms with Gasteiger partial charge >= 0.3 is 11.8 Å². The van der Waals surface area contributed by atoms with Crippen molar-refractivity contribution in [2.75, 3.05) is 24.4 Å². The summed E-state index contributed by atoms with van der Waals surface area (Å²) >= 11 is 0. The third-order valence-corrected chi connectivity index (χ3v) is 11.2. The lowest BCUT2D eigenvalue weighted by Crippen LogP contribution is -2.46. The summed E-state index contributed by atoms with van der Waals surface area (Å²) in [7, 11) is 1.43. The molecule has 15 nitrogen and oxygen atoms in total. The fourth-order valence-electron chi connectivity index (χ4n) is 7.61. The van der Waals surface area contributed by atoms with Gasteiger partial charge in [0.2, 0.25) is 0 Å².